The molecule has 4 unspecified atom stereocenters. The molecule has 91 heavy (non-hydrogen) atoms. The molecule has 1 aromatic heterocycles. The molecular weight excluding hydrogens is 1190 g/mol. The van der Waals surface area contributed by atoms with E-state index in [-0.39, 0.29) is 109 Å². The summed E-state index contributed by atoms with van der Waals surface area (Å²) >= 11 is 0. The van der Waals surface area contributed by atoms with Gasteiger partial charge >= 0.3 is 0 Å². The van der Waals surface area contributed by atoms with Crippen molar-refractivity contribution in [2.45, 2.75) is 182 Å². The molecule has 1 aliphatic rings. The molecule has 0 bridgehead atoms. The maximum atomic E-state index is 14.5. The van der Waals surface area contributed by atoms with Gasteiger partial charge in [0, 0.05) is 63.9 Å². The average molecular weight is 1300 g/mol. The standard InChI is InChI=1S/C54H101N23O14/c55-16-2-1-8-33(60)45(83)74-40(24-43(62)81)51(89)75-39(23-42(61)80)47(85)68-28-44(82)70-37(9-5-18-57)53(91)77-21-7-11-41(77)52(90)76-38(22-30-27-65-29-69-30)50(88)73-36(15-13-32(79)26-59)49(87)71-34(10-6-20-67-54(63)64)48(86)72-35(14-12-31(78)25-58)46(84)66-19-4-3-17-56/h10,27,29,31-33,35-43,78-81H,1-9,11-26,28,55-62H2,(H,65,69)(H,66,84)(H,68,85)(H,70,82)(H,71,87)(H,72,86)(H,73,88)(H,74,83)(H,75,89)(H,76,90)(H4,63,64,67)/b34-10+/t31?,32?,33-,35-,36-,37-,38-,39-,40-,41-,42?,43?/m0/s1. The Bertz CT molecular complexity index is 2490. The van der Waals surface area contributed by atoms with Gasteiger partial charge in [-0.3, -0.25) is 52.9 Å². The summed E-state index contributed by atoms with van der Waals surface area (Å²) in [5, 5.41) is 63.4. The minimum absolute atomic E-state index is 0.00975. The minimum Gasteiger partial charge on any atom is -0.392 e. The molecule has 10 amide bonds. The van der Waals surface area contributed by atoms with Crippen molar-refractivity contribution in [3.05, 3.63) is 30.0 Å². The second-order valence-electron chi connectivity index (χ2n) is 21.9. The van der Waals surface area contributed by atoms with Crippen LogP contribution < -0.4 is 105 Å². The Morgan fingerprint density at radius 1 is 0.626 bits per heavy atom. The fourth-order valence-electron chi connectivity index (χ4n) is 9.28. The second kappa shape index (κ2) is 44.0. The van der Waals surface area contributed by atoms with E-state index in [1.807, 2.05) is 0 Å². The number of hydrogen-bond donors (Lipinski definition) is 24. The van der Waals surface area contributed by atoms with E-state index in [4.69, 9.17) is 57.3 Å². The molecule has 0 saturated carbocycles. The van der Waals surface area contributed by atoms with Crippen LogP contribution in [0.2, 0.25) is 0 Å². The third kappa shape index (κ3) is 31.4. The van der Waals surface area contributed by atoms with Crippen molar-refractivity contribution in [3.63, 3.8) is 0 Å². The first kappa shape index (κ1) is 79.5. The van der Waals surface area contributed by atoms with Crippen molar-refractivity contribution in [1.82, 2.24) is 62.7 Å². The van der Waals surface area contributed by atoms with E-state index in [0.717, 1.165) is 0 Å². The molecule has 2 heterocycles. The molecular formula is C54H101N23O14. The van der Waals surface area contributed by atoms with Crippen molar-refractivity contribution >= 4 is 65.0 Å². The number of aliphatic imine (C=N–C) groups is 1. The number of hydrogen-bond acceptors (Lipinski definition) is 24. The lowest BCUT2D eigenvalue weighted by Gasteiger charge is -2.30. The number of aromatic amines is 1. The molecule has 0 spiro atoms. The number of rotatable bonds is 46. The molecule has 1 aliphatic heterocycles. The normalized spacial score (nSPS) is 16.8. The largest absolute Gasteiger partial charge is 0.392 e. The smallest absolute Gasteiger partial charge is 0.268 e. The fraction of sp³-hybridized carbons (Fsp3) is 0.704. The predicted molar refractivity (Wildman–Crippen MR) is 332 cm³/mol. The third-order valence-corrected chi connectivity index (χ3v) is 14.3. The van der Waals surface area contributed by atoms with E-state index in [9.17, 15) is 68.4 Å². The monoisotopic (exact) mass is 1300 g/mol. The van der Waals surface area contributed by atoms with Gasteiger partial charge in [0.1, 0.15) is 60.4 Å². The number of aliphatic hydroxyl groups excluding tert-OH is 4. The fourth-order valence-corrected chi connectivity index (χ4v) is 9.28. The van der Waals surface area contributed by atoms with Gasteiger partial charge in [0.05, 0.1) is 31.1 Å². The number of aromatic nitrogens is 2. The topological polar surface area (TPSA) is 664 Å². The van der Waals surface area contributed by atoms with Gasteiger partial charge in [0.15, 0.2) is 5.96 Å². The molecule has 516 valence electrons. The van der Waals surface area contributed by atoms with Gasteiger partial charge in [-0.05, 0) is 103 Å². The number of carbonyl (C=O) groups excluding carboxylic acids is 10. The van der Waals surface area contributed by atoms with Gasteiger partial charge < -0.3 is 135 Å². The van der Waals surface area contributed by atoms with Gasteiger partial charge in [-0.15, -0.1) is 0 Å². The summed E-state index contributed by atoms with van der Waals surface area (Å²) < 4.78 is 0. The molecule has 37 nitrogen and oxygen atoms in total. The van der Waals surface area contributed by atoms with Crippen LogP contribution in [0, 0.1) is 0 Å². The molecule has 1 saturated heterocycles. The average Bonchev–Trinajstić information content (AvgIpc) is 1.93. The van der Waals surface area contributed by atoms with Crippen LogP contribution in [0.15, 0.2) is 29.3 Å². The summed E-state index contributed by atoms with van der Waals surface area (Å²) in [5.74, 6) is -9.02. The quantitative estimate of drug-likeness (QED) is 0.00947. The van der Waals surface area contributed by atoms with Crippen LogP contribution in [0.3, 0.4) is 0 Å². The molecule has 0 aromatic carbocycles. The Morgan fingerprint density at radius 3 is 1.78 bits per heavy atom. The number of aliphatic hydroxyl groups is 4. The molecule has 1 aromatic rings. The van der Waals surface area contributed by atoms with Crippen LogP contribution in [0.5, 0.6) is 0 Å². The molecule has 0 radical (unpaired) electrons. The number of likely N-dealkylation sites (tertiary alicyclic amines) is 1. The second-order valence-corrected chi connectivity index (χ2v) is 21.9. The van der Waals surface area contributed by atoms with Gasteiger partial charge in [0.25, 0.3) is 5.91 Å². The van der Waals surface area contributed by atoms with Crippen molar-refractivity contribution in [1.29, 1.82) is 0 Å². The Kier molecular flexibility index (Phi) is 38.5. The van der Waals surface area contributed by atoms with E-state index in [2.05, 4.69) is 62.8 Å². The summed E-state index contributed by atoms with van der Waals surface area (Å²) in [6.45, 7) is -0.157. The molecule has 1 fully saturated rings. The first-order valence-electron chi connectivity index (χ1n) is 30.5. The number of carbonyl (C=O) groups is 10. The highest BCUT2D eigenvalue weighted by atomic mass is 16.3. The molecule has 37 heteroatoms. The summed E-state index contributed by atoms with van der Waals surface area (Å²) in [6, 6.07) is -11.0. The van der Waals surface area contributed by atoms with Crippen molar-refractivity contribution in [2.75, 3.05) is 58.9 Å². The van der Waals surface area contributed by atoms with Crippen molar-refractivity contribution in [2.24, 2.45) is 62.3 Å². The zero-order valence-corrected chi connectivity index (χ0v) is 51.5. The number of H-pyrrole nitrogens is 1. The van der Waals surface area contributed by atoms with Crippen LogP contribution in [-0.2, 0) is 54.4 Å². The Hall–Kier alpha value is -7.56. The number of unbranched alkanes of at least 4 members (excludes halogenated alkanes) is 2. The van der Waals surface area contributed by atoms with Crippen LogP contribution >= 0.6 is 0 Å². The van der Waals surface area contributed by atoms with E-state index >= 15 is 0 Å². The summed E-state index contributed by atoms with van der Waals surface area (Å²) in [6.07, 6.45) is -0.357. The molecule has 12 atom stereocenters. The number of nitrogens with one attached hydrogen (secondary N) is 10. The lowest BCUT2D eigenvalue weighted by Crippen LogP contribution is -2.59. The highest BCUT2D eigenvalue weighted by molar-refractivity contribution is 6.02. The first-order chi connectivity index (χ1) is 43.3. The molecule has 2 rings (SSSR count). The van der Waals surface area contributed by atoms with E-state index < -0.39 is 157 Å². The SMILES string of the molecule is NCCCCNC(=O)[C@H](CCC(O)CN)NC(=O)/C(=C\CCN=C(N)N)NC(=O)[C@H](CCC(O)CN)NC(=O)[C@H](Cc1cnc[nH]1)NC(=O)[C@@H]1CCCN1C(=O)[C@H](CCCN)NC(=O)CNC(=O)[C@H](CC(N)O)NC(=O)[C@H](CC(N)O)NC(=O)[C@@H](N)CCCCN. The maximum absolute atomic E-state index is 14.5. The lowest BCUT2D eigenvalue weighted by molar-refractivity contribution is -0.142. The summed E-state index contributed by atoms with van der Waals surface area (Å²) in [5.41, 5.74) is 56.2. The minimum atomic E-state index is -1.68. The Labute approximate surface area is 528 Å². The van der Waals surface area contributed by atoms with Gasteiger partial charge in [-0.1, -0.05) is 12.5 Å². The number of guanidine groups is 1. The van der Waals surface area contributed by atoms with Crippen LogP contribution in [0.25, 0.3) is 0 Å². The maximum Gasteiger partial charge on any atom is 0.268 e. The highest BCUT2D eigenvalue weighted by Gasteiger charge is 2.40. The first-order valence-corrected chi connectivity index (χ1v) is 30.5. The Balaban J connectivity index is 2.42. The Morgan fingerprint density at radius 2 is 1.20 bits per heavy atom. The van der Waals surface area contributed by atoms with Gasteiger partial charge in [-0.2, -0.15) is 0 Å². The lowest BCUT2D eigenvalue weighted by atomic mass is 10.0. The highest BCUT2D eigenvalue weighted by Crippen LogP contribution is 2.21. The number of nitrogens with two attached hydrogens (primary N) is 10. The zero-order chi connectivity index (χ0) is 68.0. The summed E-state index contributed by atoms with van der Waals surface area (Å²) in [4.78, 5) is 151. The molecule has 0 aliphatic carbocycles. The summed E-state index contributed by atoms with van der Waals surface area (Å²) in [7, 11) is 0. The third-order valence-electron chi connectivity index (χ3n) is 14.3. The van der Waals surface area contributed by atoms with E-state index in [1.165, 1.54) is 23.5 Å². The number of amides is 10. The van der Waals surface area contributed by atoms with Gasteiger partial charge in [0.2, 0.25) is 53.2 Å². The molecule has 34 N–H and O–H groups in total. The van der Waals surface area contributed by atoms with Crippen LogP contribution in [0.1, 0.15) is 108 Å². The zero-order valence-electron chi connectivity index (χ0n) is 51.5. The van der Waals surface area contributed by atoms with Crippen LogP contribution in [-0.4, -0.2) is 232 Å². The van der Waals surface area contributed by atoms with E-state index in [1.54, 1.807) is 0 Å². The predicted octanol–water partition coefficient (Wildman–Crippen LogP) is -10.8. The van der Waals surface area contributed by atoms with E-state index in [0.29, 0.717) is 50.9 Å². The van der Waals surface area contributed by atoms with Crippen molar-refractivity contribution in [3.8, 4) is 0 Å². The van der Waals surface area contributed by atoms with Crippen molar-refractivity contribution < 1.29 is 68.4 Å². The number of imidazole rings is 1. The van der Waals surface area contributed by atoms with Gasteiger partial charge in [-0.25, -0.2) is 4.98 Å². The number of nitrogens with zero attached hydrogens (tertiary/aromatic N) is 3. The van der Waals surface area contributed by atoms with Crippen LogP contribution in [0.4, 0.5) is 0 Å².